The van der Waals surface area contributed by atoms with Crippen molar-refractivity contribution in [2.24, 2.45) is 0 Å². The summed E-state index contributed by atoms with van der Waals surface area (Å²) in [5.74, 6) is 0.0876. The molecule has 0 unspecified atom stereocenters. The molecule has 2 aromatic heterocycles. The van der Waals surface area contributed by atoms with Crippen LogP contribution in [0.15, 0.2) is 47.0 Å². The molecule has 2 saturated heterocycles. The van der Waals surface area contributed by atoms with Gasteiger partial charge in [-0.2, -0.15) is 5.10 Å². The number of H-pyrrole nitrogens is 1. The van der Waals surface area contributed by atoms with Crippen molar-refractivity contribution in [3.8, 4) is 28.5 Å². The molecule has 1 amide bonds. The highest BCUT2D eigenvalue weighted by Gasteiger charge is 2.30. The second kappa shape index (κ2) is 8.79. The van der Waals surface area contributed by atoms with E-state index in [1.807, 2.05) is 29.2 Å². The smallest absolute Gasteiger partial charge is 0.253 e. The van der Waals surface area contributed by atoms with Gasteiger partial charge < -0.3 is 18.9 Å². The molecule has 2 aliphatic heterocycles. The van der Waals surface area contributed by atoms with Gasteiger partial charge in [0.1, 0.15) is 11.4 Å². The third-order valence-corrected chi connectivity index (χ3v) is 6.74. The van der Waals surface area contributed by atoms with Gasteiger partial charge in [0.2, 0.25) is 0 Å². The molecule has 0 radical (unpaired) electrons. The van der Waals surface area contributed by atoms with Crippen LogP contribution in [0.4, 0.5) is 4.39 Å². The summed E-state index contributed by atoms with van der Waals surface area (Å²) < 4.78 is 30.0. The Labute approximate surface area is 200 Å². The van der Waals surface area contributed by atoms with Crippen molar-refractivity contribution >= 4 is 16.8 Å². The first kappa shape index (κ1) is 21.8. The number of amides is 1. The minimum Gasteiger partial charge on any atom is -0.494 e. The zero-order valence-electron chi connectivity index (χ0n) is 19.2. The van der Waals surface area contributed by atoms with E-state index in [1.165, 1.54) is 13.2 Å². The van der Waals surface area contributed by atoms with Crippen LogP contribution in [-0.2, 0) is 4.74 Å². The average Bonchev–Trinajstić information content (AvgIpc) is 3.49. The van der Waals surface area contributed by atoms with Gasteiger partial charge in [-0.25, -0.2) is 4.39 Å². The number of nitrogens with one attached hydrogen (secondary N) is 1. The van der Waals surface area contributed by atoms with Crippen molar-refractivity contribution in [1.29, 1.82) is 0 Å². The fraction of sp³-hybridized carbons (Fsp3) is 0.320. The number of carbonyl (C=O) groups excluding carboxylic acids is 1. The molecule has 0 bridgehead atoms. The minimum absolute atomic E-state index is 0.0300. The van der Waals surface area contributed by atoms with Gasteiger partial charge in [0, 0.05) is 54.8 Å². The molecule has 2 fully saturated rings. The number of ether oxygens (including phenoxy) is 2. The number of piperazine rings is 1. The fourth-order valence-electron chi connectivity index (χ4n) is 4.58. The summed E-state index contributed by atoms with van der Waals surface area (Å²) >= 11 is 0. The first-order valence-electron chi connectivity index (χ1n) is 11.5. The Hall–Kier alpha value is -3.76. The zero-order chi connectivity index (χ0) is 23.9. The van der Waals surface area contributed by atoms with E-state index < -0.39 is 5.82 Å². The topological polar surface area (TPSA) is 96.7 Å². The molecule has 9 nitrogen and oxygen atoms in total. The SMILES string of the molecule is COc1cc2[nH]nc(-c3cc(-c4ccc(C(=O)N5CCN(C6COC6)CC5)cc4)no3)c2cc1F. The summed E-state index contributed by atoms with van der Waals surface area (Å²) in [5.41, 5.74) is 3.13. The van der Waals surface area contributed by atoms with E-state index in [4.69, 9.17) is 14.0 Å². The predicted molar refractivity (Wildman–Crippen MR) is 126 cm³/mol. The molecule has 35 heavy (non-hydrogen) atoms. The second-order valence-electron chi connectivity index (χ2n) is 8.78. The van der Waals surface area contributed by atoms with Crippen molar-refractivity contribution in [3.63, 3.8) is 0 Å². The third-order valence-electron chi connectivity index (χ3n) is 6.74. The lowest BCUT2D eigenvalue weighted by Crippen LogP contribution is -2.57. The summed E-state index contributed by atoms with van der Waals surface area (Å²) in [4.78, 5) is 17.3. The number of carbonyl (C=O) groups is 1. The molecule has 4 aromatic rings. The van der Waals surface area contributed by atoms with Crippen molar-refractivity contribution < 1.29 is 23.2 Å². The Kier molecular flexibility index (Phi) is 5.46. The van der Waals surface area contributed by atoms with Crippen molar-refractivity contribution in [2.45, 2.75) is 6.04 Å². The summed E-state index contributed by atoms with van der Waals surface area (Å²) in [6.07, 6.45) is 0. The van der Waals surface area contributed by atoms with Gasteiger partial charge in [-0.3, -0.25) is 14.8 Å². The molecular weight excluding hydrogens is 453 g/mol. The highest BCUT2D eigenvalue weighted by atomic mass is 19.1. The van der Waals surface area contributed by atoms with E-state index >= 15 is 0 Å². The molecule has 0 aliphatic carbocycles. The number of rotatable bonds is 5. The molecule has 2 aliphatic rings. The molecule has 1 N–H and O–H groups in total. The lowest BCUT2D eigenvalue weighted by molar-refractivity contribution is -0.0746. The highest BCUT2D eigenvalue weighted by molar-refractivity contribution is 5.95. The van der Waals surface area contributed by atoms with Crippen LogP contribution in [0.25, 0.3) is 33.6 Å². The third kappa shape index (κ3) is 3.94. The Balaban J connectivity index is 1.17. The lowest BCUT2D eigenvalue weighted by Gasteiger charge is -2.42. The number of halogens is 1. The molecule has 0 saturated carbocycles. The van der Waals surface area contributed by atoms with Crippen molar-refractivity contribution in [2.75, 3.05) is 46.5 Å². The Bertz CT molecular complexity index is 1370. The van der Waals surface area contributed by atoms with Crippen molar-refractivity contribution in [1.82, 2.24) is 25.2 Å². The number of aromatic nitrogens is 3. The van der Waals surface area contributed by atoms with E-state index in [-0.39, 0.29) is 11.7 Å². The van der Waals surface area contributed by atoms with Crippen LogP contribution in [0.5, 0.6) is 5.75 Å². The van der Waals surface area contributed by atoms with E-state index in [1.54, 1.807) is 12.1 Å². The molecule has 0 spiro atoms. The number of methoxy groups -OCH3 is 1. The maximum atomic E-state index is 14.2. The largest absolute Gasteiger partial charge is 0.494 e. The van der Waals surface area contributed by atoms with Gasteiger partial charge in [-0.05, 0) is 18.2 Å². The van der Waals surface area contributed by atoms with Crippen LogP contribution in [0.2, 0.25) is 0 Å². The van der Waals surface area contributed by atoms with Crippen LogP contribution >= 0.6 is 0 Å². The molecule has 2 aromatic carbocycles. The molecular formula is C25H24FN5O4. The second-order valence-corrected chi connectivity index (χ2v) is 8.78. The fourth-order valence-corrected chi connectivity index (χ4v) is 4.58. The number of hydrogen-bond donors (Lipinski definition) is 1. The highest BCUT2D eigenvalue weighted by Crippen LogP contribution is 2.33. The molecule has 10 heteroatoms. The summed E-state index contributed by atoms with van der Waals surface area (Å²) in [6, 6.07) is 12.5. The van der Waals surface area contributed by atoms with Crippen LogP contribution in [0.1, 0.15) is 10.4 Å². The minimum atomic E-state index is -0.485. The maximum absolute atomic E-state index is 14.2. The number of benzene rings is 2. The van der Waals surface area contributed by atoms with Gasteiger partial charge in [0.15, 0.2) is 17.3 Å². The Morgan fingerprint density at radius 3 is 2.57 bits per heavy atom. The summed E-state index contributed by atoms with van der Waals surface area (Å²) in [6.45, 7) is 4.76. The summed E-state index contributed by atoms with van der Waals surface area (Å²) in [5, 5.41) is 11.8. The van der Waals surface area contributed by atoms with Gasteiger partial charge >= 0.3 is 0 Å². The standard InChI is InChI=1S/C25H24FN5O4/c1-33-22-12-21-18(10-19(22)26)24(28-27-21)23-11-20(29-35-23)15-2-4-16(5-3-15)25(32)31-8-6-30(7-9-31)17-13-34-14-17/h2-5,10-12,17H,6-9,13-14H2,1H3,(H,27,28). The van der Waals surface area contributed by atoms with Crippen LogP contribution in [0, 0.1) is 5.82 Å². The molecule has 4 heterocycles. The molecule has 180 valence electrons. The quantitative estimate of drug-likeness (QED) is 0.472. The summed E-state index contributed by atoms with van der Waals surface area (Å²) in [7, 11) is 1.41. The monoisotopic (exact) mass is 477 g/mol. The van der Waals surface area contributed by atoms with Gasteiger partial charge in [0.25, 0.3) is 5.91 Å². The van der Waals surface area contributed by atoms with Gasteiger partial charge in [0.05, 0.1) is 31.9 Å². The van der Waals surface area contributed by atoms with Crippen LogP contribution in [-0.4, -0.2) is 83.6 Å². The van der Waals surface area contributed by atoms with Crippen molar-refractivity contribution in [3.05, 3.63) is 53.8 Å². The molecule has 0 atom stereocenters. The maximum Gasteiger partial charge on any atom is 0.253 e. The number of nitrogens with zero attached hydrogens (tertiary/aromatic N) is 4. The lowest BCUT2D eigenvalue weighted by atomic mass is 10.1. The first-order valence-corrected chi connectivity index (χ1v) is 11.5. The van der Waals surface area contributed by atoms with E-state index in [0.717, 1.165) is 31.9 Å². The number of fused-ring (bicyclic) bond motifs is 1. The number of aromatic amines is 1. The van der Waals surface area contributed by atoms with Crippen LogP contribution in [0.3, 0.4) is 0 Å². The van der Waals surface area contributed by atoms with E-state index in [2.05, 4.69) is 20.3 Å². The molecule has 6 rings (SSSR count). The number of hydrogen-bond acceptors (Lipinski definition) is 7. The Morgan fingerprint density at radius 1 is 1.11 bits per heavy atom. The normalized spacial score (nSPS) is 17.0. The Morgan fingerprint density at radius 2 is 1.89 bits per heavy atom. The van der Waals surface area contributed by atoms with Gasteiger partial charge in [-0.15, -0.1) is 0 Å². The average molecular weight is 477 g/mol. The van der Waals surface area contributed by atoms with E-state index in [9.17, 15) is 9.18 Å². The van der Waals surface area contributed by atoms with E-state index in [0.29, 0.717) is 52.7 Å². The van der Waals surface area contributed by atoms with Crippen LogP contribution < -0.4 is 4.74 Å². The first-order chi connectivity index (χ1) is 17.1. The van der Waals surface area contributed by atoms with Gasteiger partial charge in [-0.1, -0.05) is 17.3 Å². The predicted octanol–water partition coefficient (Wildman–Crippen LogP) is 3.19. The zero-order valence-corrected chi connectivity index (χ0v) is 19.2.